The van der Waals surface area contributed by atoms with E-state index in [-0.39, 0.29) is 58.8 Å². The van der Waals surface area contributed by atoms with E-state index in [1.165, 1.54) is 11.2 Å². The lowest BCUT2D eigenvalue weighted by atomic mass is 9.91. The van der Waals surface area contributed by atoms with Gasteiger partial charge in [-0.25, -0.2) is 29.0 Å². The Morgan fingerprint density at radius 2 is 0.978 bits per heavy atom. The molecule has 21 heteroatoms. The zero-order valence-corrected chi connectivity index (χ0v) is 52.1. The standard InChI is InChI=1S/C29H26N2O5.C27H26N2O6.C10H18O5.C2H3Br.2CH4/c32-28(31-24(20-35-29(31)33)17-21-7-3-1-4-8-21)18-26(27-15-16-36-30-27)23-11-13-25(14-12-23)34-19-22-9-5-2-6-10-22;30-26(29-24(19-35-27(29)31)15-20-7-3-1-4-8-20)16-23(17-28(32)33)22-11-13-25(14-12-22)34-18-21-9-5-2-6-10-21;1-9(2,3)14-7(11)13-8(12)15-10(4,5)6;1-2-3;;/h1-16,24,26H,17-20H2;1-14,23-24H,15-19H2;1-6H3;2H,1H2;2*1H4/t24-,26-;23-,24+;;;;/m01..../s1. The van der Waals surface area contributed by atoms with Crippen LogP contribution in [0.4, 0.5) is 19.2 Å². The summed E-state index contributed by atoms with van der Waals surface area (Å²) in [5.74, 6) is -0.522. The van der Waals surface area contributed by atoms with Crippen molar-refractivity contribution in [2.45, 2.75) is 130 Å². The van der Waals surface area contributed by atoms with Gasteiger partial charge in [-0.2, -0.15) is 0 Å². The van der Waals surface area contributed by atoms with Crippen LogP contribution in [-0.2, 0) is 59.3 Å². The fourth-order valence-corrected chi connectivity index (χ4v) is 9.17. The first-order chi connectivity index (χ1) is 42.6. The van der Waals surface area contributed by atoms with Gasteiger partial charge < -0.3 is 37.7 Å². The number of carbonyl (C=O) groups excluding carboxylic acids is 6. The Kier molecular flexibility index (Phi) is 29.8. The number of imide groups is 2. The Balaban J connectivity index is 0.000000303. The van der Waals surface area contributed by atoms with E-state index in [0.717, 1.165) is 38.5 Å². The number of rotatable bonds is 19. The summed E-state index contributed by atoms with van der Waals surface area (Å²) >= 11 is 2.91. The lowest BCUT2D eigenvalue weighted by molar-refractivity contribution is -0.483. The molecule has 2 fully saturated rings. The molecule has 484 valence electrons. The molecule has 9 rings (SSSR count). The molecule has 91 heavy (non-hydrogen) atoms. The van der Waals surface area contributed by atoms with E-state index in [1.807, 2.05) is 146 Å². The third kappa shape index (κ3) is 25.4. The Labute approximate surface area is 540 Å². The van der Waals surface area contributed by atoms with Crippen LogP contribution >= 0.6 is 15.9 Å². The van der Waals surface area contributed by atoms with Crippen LogP contribution in [0.25, 0.3) is 0 Å². The highest BCUT2D eigenvalue weighted by molar-refractivity contribution is 9.11. The summed E-state index contributed by atoms with van der Waals surface area (Å²) in [6.45, 7) is 14.0. The molecular formula is C70H81BrN4O16. The maximum Gasteiger partial charge on any atom is 0.519 e. The van der Waals surface area contributed by atoms with E-state index in [2.05, 4.69) is 32.4 Å². The van der Waals surface area contributed by atoms with E-state index in [0.29, 0.717) is 43.1 Å². The number of hydrogen-bond donors (Lipinski definition) is 0. The quantitative estimate of drug-likeness (QED) is 0.0240. The Bertz CT molecular complexity index is 3340. The van der Waals surface area contributed by atoms with E-state index in [1.54, 1.807) is 76.9 Å². The second-order valence-electron chi connectivity index (χ2n) is 22.3. The average Bonchev–Trinajstić information content (AvgIpc) is 1.85. The topological polar surface area (TPSA) is 243 Å². The summed E-state index contributed by atoms with van der Waals surface area (Å²) in [5.41, 5.74) is 4.85. The van der Waals surface area contributed by atoms with Crippen molar-refractivity contribution in [1.82, 2.24) is 15.0 Å². The molecular weight excluding hydrogens is 1230 g/mol. The van der Waals surface area contributed by atoms with Crippen molar-refractivity contribution in [3.05, 3.63) is 243 Å². The SMILES string of the molecule is C.C.C=CBr.CC(C)(C)OC(=O)OC(=O)OC(C)(C)C.O=C(C[C@@H](c1ccc(OCc2ccccc2)cc1)c1ccon1)N1C(=O)OC[C@@H]1Cc1ccccc1.O=C(C[C@H](C[N+](=O)[O-])c1ccc(OCc2ccccc2)cc1)N1C(=O)OC[C@@H]1Cc1ccccc1. The van der Waals surface area contributed by atoms with Crippen LogP contribution in [0.1, 0.15) is 120 Å². The van der Waals surface area contributed by atoms with E-state index >= 15 is 0 Å². The van der Waals surface area contributed by atoms with Crippen LogP contribution in [-0.4, -0.2) is 99.2 Å². The molecule has 2 saturated heterocycles. The summed E-state index contributed by atoms with van der Waals surface area (Å²) in [5, 5.41) is 15.4. The molecule has 2 aliphatic rings. The molecule has 4 atom stereocenters. The highest BCUT2D eigenvalue weighted by atomic mass is 79.9. The molecule has 4 amide bonds. The van der Waals surface area contributed by atoms with Gasteiger partial charge in [0.25, 0.3) is 0 Å². The van der Waals surface area contributed by atoms with Crippen molar-refractivity contribution in [2.75, 3.05) is 19.8 Å². The number of carbonyl (C=O) groups is 6. The molecule has 0 N–H and O–H groups in total. The average molecular weight is 1310 g/mol. The maximum absolute atomic E-state index is 13.4. The second-order valence-corrected chi connectivity index (χ2v) is 23.0. The lowest BCUT2D eigenvalue weighted by Gasteiger charge is -2.22. The summed E-state index contributed by atoms with van der Waals surface area (Å²) in [6, 6.07) is 54.4. The number of halogens is 1. The van der Waals surface area contributed by atoms with Gasteiger partial charge in [-0.05, 0) is 117 Å². The van der Waals surface area contributed by atoms with Gasteiger partial charge in [0, 0.05) is 29.7 Å². The molecule has 0 unspecified atom stereocenters. The van der Waals surface area contributed by atoms with E-state index in [9.17, 15) is 38.9 Å². The zero-order chi connectivity index (χ0) is 64.3. The van der Waals surface area contributed by atoms with E-state index < -0.39 is 65.0 Å². The van der Waals surface area contributed by atoms with Crippen LogP contribution in [0.3, 0.4) is 0 Å². The van der Waals surface area contributed by atoms with Gasteiger partial charge in [0.05, 0.1) is 23.7 Å². The number of cyclic esters (lactones) is 2. The first kappa shape index (κ1) is 73.8. The predicted molar refractivity (Wildman–Crippen MR) is 347 cm³/mol. The van der Waals surface area contributed by atoms with Crippen molar-refractivity contribution in [3.8, 4) is 11.5 Å². The van der Waals surface area contributed by atoms with Crippen LogP contribution in [0.15, 0.2) is 198 Å². The Hall–Kier alpha value is -9.63. The Morgan fingerprint density at radius 1 is 0.604 bits per heavy atom. The van der Waals surface area contributed by atoms with Crippen LogP contribution < -0.4 is 9.47 Å². The summed E-state index contributed by atoms with van der Waals surface area (Å²) in [6.07, 6.45) is -1.07. The summed E-state index contributed by atoms with van der Waals surface area (Å²) < 4.78 is 40.9. The van der Waals surface area contributed by atoms with Crippen LogP contribution in [0.2, 0.25) is 0 Å². The summed E-state index contributed by atoms with van der Waals surface area (Å²) in [4.78, 5) is 88.2. The monoisotopic (exact) mass is 1310 g/mol. The number of nitro groups is 1. The molecule has 6 aromatic carbocycles. The van der Waals surface area contributed by atoms with Crippen molar-refractivity contribution in [1.29, 1.82) is 0 Å². The van der Waals surface area contributed by atoms with Crippen molar-refractivity contribution in [3.63, 3.8) is 0 Å². The number of benzene rings is 6. The zero-order valence-electron chi connectivity index (χ0n) is 50.5. The number of ether oxygens (including phenoxy) is 7. The third-order valence-electron chi connectivity index (χ3n) is 13.1. The van der Waals surface area contributed by atoms with Gasteiger partial charge in [0.15, 0.2) is 0 Å². The first-order valence-corrected chi connectivity index (χ1v) is 29.4. The molecule has 0 spiro atoms. The molecule has 0 bridgehead atoms. The minimum atomic E-state index is -1.06. The number of amides is 4. The normalized spacial score (nSPS) is 14.5. The molecule has 7 aromatic rings. The van der Waals surface area contributed by atoms with Crippen molar-refractivity contribution >= 4 is 52.2 Å². The molecule has 2 aliphatic heterocycles. The van der Waals surface area contributed by atoms with Crippen LogP contribution in [0, 0.1) is 10.1 Å². The number of nitrogens with zero attached hydrogens (tertiary/aromatic N) is 4. The van der Waals surface area contributed by atoms with Gasteiger partial charge in [-0.15, -0.1) is 0 Å². The minimum Gasteiger partial charge on any atom is -0.489 e. The first-order valence-electron chi connectivity index (χ1n) is 28.5. The van der Waals surface area contributed by atoms with Gasteiger partial charge in [-0.1, -0.05) is 188 Å². The fourth-order valence-electron chi connectivity index (χ4n) is 9.17. The minimum absolute atomic E-state index is 0. The largest absolute Gasteiger partial charge is 0.519 e. The molecule has 0 saturated carbocycles. The summed E-state index contributed by atoms with van der Waals surface area (Å²) in [7, 11) is 0. The fraction of sp³-hybridized carbons (Fsp3) is 0.329. The second kappa shape index (κ2) is 36.8. The molecule has 1 aromatic heterocycles. The lowest BCUT2D eigenvalue weighted by Crippen LogP contribution is -2.41. The highest BCUT2D eigenvalue weighted by Crippen LogP contribution is 2.32. The van der Waals surface area contributed by atoms with E-state index in [4.69, 9.17) is 32.9 Å². The molecule has 0 radical (unpaired) electrons. The van der Waals surface area contributed by atoms with Gasteiger partial charge in [0.1, 0.15) is 55.4 Å². The smallest absolute Gasteiger partial charge is 0.489 e. The van der Waals surface area contributed by atoms with Crippen molar-refractivity contribution in [2.24, 2.45) is 0 Å². The number of aromatic nitrogens is 1. The molecule has 3 heterocycles. The van der Waals surface area contributed by atoms with Gasteiger partial charge >= 0.3 is 24.5 Å². The Morgan fingerprint density at radius 3 is 1.34 bits per heavy atom. The van der Waals surface area contributed by atoms with Gasteiger partial charge in [-0.3, -0.25) is 19.7 Å². The molecule has 0 aliphatic carbocycles. The van der Waals surface area contributed by atoms with Crippen LogP contribution in [0.5, 0.6) is 11.5 Å². The predicted octanol–water partition coefficient (Wildman–Crippen LogP) is 15.6. The van der Waals surface area contributed by atoms with Crippen molar-refractivity contribution < 1.29 is 71.4 Å². The third-order valence-corrected chi connectivity index (χ3v) is 13.1. The number of hydrogen-bond acceptors (Lipinski definition) is 17. The highest BCUT2D eigenvalue weighted by Gasteiger charge is 2.41. The molecule has 20 nitrogen and oxygen atoms in total. The van der Waals surface area contributed by atoms with Gasteiger partial charge in [0.2, 0.25) is 18.4 Å². The maximum atomic E-state index is 13.4.